The van der Waals surface area contributed by atoms with Crippen LogP contribution in [0.5, 0.6) is 0 Å². The van der Waals surface area contributed by atoms with E-state index in [1.807, 2.05) is 6.07 Å². The van der Waals surface area contributed by atoms with Crippen LogP contribution in [0.4, 0.5) is 0 Å². The lowest BCUT2D eigenvalue weighted by molar-refractivity contribution is 0.0526. The highest BCUT2D eigenvalue weighted by molar-refractivity contribution is 7.16. The molecule has 0 aliphatic heterocycles. The highest BCUT2D eigenvalue weighted by Gasteiger charge is 2.19. The summed E-state index contributed by atoms with van der Waals surface area (Å²) in [6.45, 7) is 2.45. The number of hydrogen-bond acceptors (Lipinski definition) is 6. The van der Waals surface area contributed by atoms with Crippen molar-refractivity contribution < 1.29 is 14.3 Å². The Labute approximate surface area is 135 Å². The molecule has 21 heavy (non-hydrogen) atoms. The first-order chi connectivity index (χ1) is 10.0. The maximum atomic E-state index is 12.2. The summed E-state index contributed by atoms with van der Waals surface area (Å²) in [4.78, 5) is 30.3. The van der Waals surface area contributed by atoms with Crippen molar-refractivity contribution in [3.05, 3.63) is 37.4 Å². The molecule has 112 valence electrons. The lowest BCUT2D eigenvalue weighted by Crippen LogP contribution is -2.26. The summed E-state index contributed by atoms with van der Waals surface area (Å²) in [5.74, 6) is -0.749. The van der Waals surface area contributed by atoms with Crippen LogP contribution in [0.2, 0.25) is 4.34 Å². The third-order valence-electron chi connectivity index (χ3n) is 2.54. The number of halogens is 1. The van der Waals surface area contributed by atoms with Gasteiger partial charge in [0.25, 0.3) is 5.91 Å². The highest BCUT2D eigenvalue weighted by Crippen LogP contribution is 2.23. The second-order valence-corrected chi connectivity index (χ2v) is 6.78. The summed E-state index contributed by atoms with van der Waals surface area (Å²) in [5.41, 5.74) is 0.244. The Balaban J connectivity index is 2.04. The lowest BCUT2D eigenvalue weighted by atomic mass is 10.4. The first-order valence-electron chi connectivity index (χ1n) is 6.13. The minimum absolute atomic E-state index is 0.188. The van der Waals surface area contributed by atoms with E-state index in [1.165, 1.54) is 16.2 Å². The molecule has 0 aliphatic rings. The fourth-order valence-corrected chi connectivity index (χ4v) is 3.42. The second-order valence-electron chi connectivity index (χ2n) is 4.13. The Morgan fingerprint density at radius 2 is 2.19 bits per heavy atom. The predicted molar refractivity (Wildman–Crippen MR) is 83.2 cm³/mol. The van der Waals surface area contributed by atoms with E-state index in [1.54, 1.807) is 25.4 Å². The maximum Gasteiger partial charge on any atom is 0.367 e. The normalized spacial score (nSPS) is 10.4. The molecule has 0 bridgehead atoms. The molecule has 2 heterocycles. The van der Waals surface area contributed by atoms with Gasteiger partial charge in [0.05, 0.1) is 17.5 Å². The monoisotopic (exact) mass is 344 g/mol. The first-order valence-corrected chi connectivity index (χ1v) is 8.21. The minimum atomic E-state index is -0.505. The van der Waals surface area contributed by atoms with E-state index in [4.69, 9.17) is 16.3 Å². The van der Waals surface area contributed by atoms with Crippen molar-refractivity contribution in [2.75, 3.05) is 13.7 Å². The molecule has 1 amide bonds. The summed E-state index contributed by atoms with van der Waals surface area (Å²) in [6, 6.07) is 3.67. The van der Waals surface area contributed by atoms with Crippen LogP contribution < -0.4 is 0 Å². The number of rotatable bonds is 5. The molecule has 2 aromatic rings. The summed E-state index contributed by atoms with van der Waals surface area (Å²) in [7, 11) is 1.68. The Kier molecular flexibility index (Phi) is 5.33. The molecule has 0 saturated heterocycles. The first kappa shape index (κ1) is 15.9. The van der Waals surface area contributed by atoms with Gasteiger partial charge in [-0.3, -0.25) is 4.79 Å². The third-order valence-corrected chi connectivity index (χ3v) is 4.58. The van der Waals surface area contributed by atoms with Crippen molar-refractivity contribution in [2.24, 2.45) is 0 Å². The molecule has 0 unspecified atom stereocenters. The van der Waals surface area contributed by atoms with E-state index in [0.717, 1.165) is 16.2 Å². The number of thiazole rings is 1. The molecule has 0 atom stereocenters. The molecule has 0 N–H and O–H groups in total. The highest BCUT2D eigenvalue weighted by atomic mass is 35.5. The number of esters is 1. The molecule has 0 radical (unpaired) electrons. The SMILES string of the molecule is CCOC(=O)c1nc(C(=O)N(C)Cc2ccc(Cl)s2)cs1. The van der Waals surface area contributed by atoms with Crippen molar-refractivity contribution in [1.82, 2.24) is 9.88 Å². The van der Waals surface area contributed by atoms with Crippen LogP contribution >= 0.6 is 34.3 Å². The molecule has 8 heteroatoms. The van der Waals surface area contributed by atoms with Crippen LogP contribution in [0.25, 0.3) is 0 Å². The number of nitrogens with zero attached hydrogens (tertiary/aromatic N) is 2. The molecule has 0 saturated carbocycles. The number of hydrogen-bond donors (Lipinski definition) is 0. The van der Waals surface area contributed by atoms with Crippen LogP contribution in [-0.4, -0.2) is 35.4 Å². The Bertz CT molecular complexity index is 653. The molecular weight excluding hydrogens is 332 g/mol. The fourth-order valence-electron chi connectivity index (χ4n) is 1.60. The average molecular weight is 345 g/mol. The van der Waals surface area contributed by atoms with Gasteiger partial charge in [0, 0.05) is 17.3 Å². The summed E-state index contributed by atoms with van der Waals surface area (Å²) < 4.78 is 5.54. The van der Waals surface area contributed by atoms with Crippen LogP contribution in [0.1, 0.15) is 32.1 Å². The van der Waals surface area contributed by atoms with Crippen LogP contribution in [-0.2, 0) is 11.3 Å². The lowest BCUT2D eigenvalue weighted by Gasteiger charge is -2.14. The molecule has 0 aromatic carbocycles. The maximum absolute atomic E-state index is 12.2. The second kappa shape index (κ2) is 7.02. The van der Waals surface area contributed by atoms with Crippen LogP contribution in [0.3, 0.4) is 0 Å². The van der Waals surface area contributed by atoms with Crippen molar-refractivity contribution in [2.45, 2.75) is 13.5 Å². The van der Waals surface area contributed by atoms with Crippen molar-refractivity contribution >= 4 is 46.2 Å². The van der Waals surface area contributed by atoms with Gasteiger partial charge in [-0.2, -0.15) is 0 Å². The van der Waals surface area contributed by atoms with Gasteiger partial charge in [-0.05, 0) is 19.1 Å². The van der Waals surface area contributed by atoms with Gasteiger partial charge >= 0.3 is 5.97 Å². The van der Waals surface area contributed by atoms with Gasteiger partial charge < -0.3 is 9.64 Å². The summed E-state index contributed by atoms with van der Waals surface area (Å²) >= 11 is 8.39. The smallest absolute Gasteiger partial charge is 0.367 e. The molecule has 5 nitrogen and oxygen atoms in total. The quantitative estimate of drug-likeness (QED) is 0.781. The average Bonchev–Trinajstić information content (AvgIpc) is 3.07. The summed E-state index contributed by atoms with van der Waals surface area (Å²) in [6.07, 6.45) is 0. The molecule has 2 rings (SSSR count). The zero-order valence-electron chi connectivity index (χ0n) is 11.5. The van der Waals surface area contributed by atoms with E-state index in [-0.39, 0.29) is 23.2 Å². The predicted octanol–water partition coefficient (Wildman–Crippen LogP) is 3.31. The van der Waals surface area contributed by atoms with Crippen LogP contribution in [0, 0.1) is 0 Å². The number of carbonyl (C=O) groups excluding carboxylic acids is 2. The third kappa shape index (κ3) is 4.03. The molecule has 0 fully saturated rings. The van der Waals surface area contributed by atoms with Crippen molar-refractivity contribution in [3.8, 4) is 0 Å². The van der Waals surface area contributed by atoms with E-state index in [0.29, 0.717) is 10.9 Å². The van der Waals surface area contributed by atoms with Gasteiger partial charge in [-0.15, -0.1) is 22.7 Å². The van der Waals surface area contributed by atoms with E-state index < -0.39 is 5.97 Å². The van der Waals surface area contributed by atoms with E-state index >= 15 is 0 Å². The molecule has 2 aromatic heterocycles. The van der Waals surface area contributed by atoms with Crippen molar-refractivity contribution in [1.29, 1.82) is 0 Å². The zero-order valence-corrected chi connectivity index (χ0v) is 13.8. The standard InChI is InChI=1S/C13H13ClN2O3S2/c1-3-19-13(18)11-15-9(7-20-11)12(17)16(2)6-8-4-5-10(14)21-8/h4-5,7H,3,6H2,1-2H3. The minimum Gasteiger partial charge on any atom is -0.461 e. The Morgan fingerprint density at radius 3 is 2.81 bits per heavy atom. The molecular formula is C13H13ClN2O3S2. The summed E-state index contributed by atoms with van der Waals surface area (Å²) in [5, 5.41) is 1.75. The van der Waals surface area contributed by atoms with Gasteiger partial charge in [0.15, 0.2) is 0 Å². The topological polar surface area (TPSA) is 59.5 Å². The van der Waals surface area contributed by atoms with Gasteiger partial charge in [0.1, 0.15) is 5.69 Å². The van der Waals surface area contributed by atoms with E-state index in [2.05, 4.69) is 4.98 Å². The Hall–Kier alpha value is -1.44. The molecule has 0 spiro atoms. The number of ether oxygens (including phenoxy) is 1. The van der Waals surface area contributed by atoms with Gasteiger partial charge in [-0.25, -0.2) is 9.78 Å². The number of thiophene rings is 1. The van der Waals surface area contributed by atoms with E-state index in [9.17, 15) is 9.59 Å². The van der Waals surface area contributed by atoms with Gasteiger partial charge in [0.2, 0.25) is 5.01 Å². The number of amides is 1. The number of aromatic nitrogens is 1. The zero-order chi connectivity index (χ0) is 15.4. The fraction of sp³-hybridized carbons (Fsp3) is 0.308. The van der Waals surface area contributed by atoms with Crippen LogP contribution in [0.15, 0.2) is 17.5 Å². The number of carbonyl (C=O) groups is 2. The Morgan fingerprint density at radius 1 is 1.43 bits per heavy atom. The van der Waals surface area contributed by atoms with Crippen molar-refractivity contribution in [3.63, 3.8) is 0 Å². The molecule has 0 aliphatic carbocycles. The largest absolute Gasteiger partial charge is 0.461 e. The van der Waals surface area contributed by atoms with Gasteiger partial charge in [-0.1, -0.05) is 11.6 Å².